The predicted octanol–water partition coefficient (Wildman–Crippen LogP) is 3.58. The van der Waals surface area contributed by atoms with Crippen LogP contribution >= 0.6 is 15.9 Å². The normalized spacial score (nSPS) is 14.4. The van der Waals surface area contributed by atoms with Gasteiger partial charge < -0.3 is 9.73 Å². The summed E-state index contributed by atoms with van der Waals surface area (Å²) in [5.74, 6) is 0.298. The molecule has 2 atom stereocenters. The van der Waals surface area contributed by atoms with Crippen LogP contribution in [0.3, 0.4) is 0 Å². The van der Waals surface area contributed by atoms with Gasteiger partial charge in [-0.1, -0.05) is 41.1 Å². The lowest BCUT2D eigenvalue weighted by Gasteiger charge is -2.18. The van der Waals surface area contributed by atoms with Crippen LogP contribution in [-0.2, 0) is 0 Å². The highest BCUT2D eigenvalue weighted by Crippen LogP contribution is 2.20. The van der Waals surface area contributed by atoms with E-state index in [0.29, 0.717) is 11.5 Å². The van der Waals surface area contributed by atoms with Crippen molar-refractivity contribution in [1.82, 2.24) is 5.32 Å². The molecule has 3 nitrogen and oxygen atoms in total. The van der Waals surface area contributed by atoms with Gasteiger partial charge in [0, 0.05) is 16.8 Å². The first-order valence-corrected chi connectivity index (χ1v) is 7.08. The number of halogens is 1. The first kappa shape index (κ1) is 13.1. The second-order valence-corrected chi connectivity index (χ2v) is 5.19. The van der Waals surface area contributed by atoms with E-state index in [-0.39, 0.29) is 11.9 Å². The Hall–Kier alpha value is -1.29. The largest absolute Gasteiger partial charge is 0.463 e. The molecule has 1 amide bonds. The molecule has 1 aromatic carbocycles. The first-order valence-electron chi connectivity index (χ1n) is 5.96. The van der Waals surface area contributed by atoms with Crippen LogP contribution in [-0.4, -0.2) is 17.3 Å². The third-order valence-corrected chi connectivity index (χ3v) is 4.20. The maximum atomic E-state index is 12.2. The fourth-order valence-electron chi connectivity index (χ4n) is 1.71. The number of fused-ring (bicyclic) bond motifs is 1. The quantitative estimate of drug-likeness (QED) is 0.877. The summed E-state index contributed by atoms with van der Waals surface area (Å²) in [5.41, 5.74) is 1.34. The number of furan rings is 1. The van der Waals surface area contributed by atoms with Gasteiger partial charge in [-0.05, 0) is 18.9 Å². The highest BCUT2D eigenvalue weighted by Gasteiger charge is 2.18. The summed E-state index contributed by atoms with van der Waals surface area (Å²) < 4.78 is 5.37. The second kappa shape index (κ2) is 5.57. The van der Waals surface area contributed by atoms with Crippen molar-refractivity contribution < 1.29 is 9.21 Å². The van der Waals surface area contributed by atoms with Crippen molar-refractivity contribution >= 4 is 32.8 Å². The molecule has 96 valence electrons. The highest BCUT2D eigenvalue weighted by molar-refractivity contribution is 9.09. The molecule has 0 saturated heterocycles. The van der Waals surface area contributed by atoms with Gasteiger partial charge in [0.25, 0.3) is 5.91 Å². The van der Waals surface area contributed by atoms with E-state index in [2.05, 4.69) is 28.2 Å². The van der Waals surface area contributed by atoms with Gasteiger partial charge in [0.1, 0.15) is 11.8 Å². The number of alkyl halides is 1. The van der Waals surface area contributed by atoms with Gasteiger partial charge in [0.05, 0.1) is 5.56 Å². The van der Waals surface area contributed by atoms with Crippen molar-refractivity contribution in [3.63, 3.8) is 0 Å². The van der Waals surface area contributed by atoms with Crippen LogP contribution in [0.2, 0.25) is 0 Å². The van der Waals surface area contributed by atoms with E-state index in [0.717, 1.165) is 16.3 Å². The molecule has 0 radical (unpaired) electrons. The molecule has 0 saturated carbocycles. The first-order chi connectivity index (χ1) is 8.63. The maximum Gasteiger partial charge on any atom is 0.255 e. The Bertz CT molecular complexity index is 549. The molecule has 0 bridgehead atoms. The Kier molecular flexibility index (Phi) is 4.07. The molecule has 0 spiro atoms. The van der Waals surface area contributed by atoms with Gasteiger partial charge in [-0.15, -0.1) is 0 Å². The maximum absolute atomic E-state index is 12.2. The van der Waals surface area contributed by atoms with Crippen molar-refractivity contribution in [2.75, 3.05) is 5.33 Å². The number of hydrogen-bond donors (Lipinski definition) is 1. The summed E-state index contributed by atoms with van der Waals surface area (Å²) in [6, 6.07) is 7.66. The number of hydrogen-bond acceptors (Lipinski definition) is 2. The monoisotopic (exact) mass is 309 g/mol. The van der Waals surface area contributed by atoms with Crippen molar-refractivity contribution in [3.8, 4) is 0 Å². The molecular formula is C14H16BrNO2. The Balaban J connectivity index is 2.19. The van der Waals surface area contributed by atoms with Gasteiger partial charge in [-0.25, -0.2) is 0 Å². The molecule has 1 heterocycles. The van der Waals surface area contributed by atoms with Gasteiger partial charge in [-0.3, -0.25) is 4.79 Å². The van der Waals surface area contributed by atoms with Crippen molar-refractivity contribution in [2.24, 2.45) is 5.92 Å². The summed E-state index contributed by atoms with van der Waals surface area (Å²) in [5, 5.41) is 4.71. The molecule has 0 aliphatic carbocycles. The smallest absolute Gasteiger partial charge is 0.255 e. The van der Waals surface area contributed by atoms with Gasteiger partial charge in [-0.2, -0.15) is 0 Å². The number of amides is 1. The van der Waals surface area contributed by atoms with E-state index in [4.69, 9.17) is 4.42 Å². The number of carbonyl (C=O) groups is 1. The van der Waals surface area contributed by atoms with E-state index in [1.54, 1.807) is 0 Å². The lowest BCUT2D eigenvalue weighted by atomic mass is 10.1. The average Bonchev–Trinajstić information content (AvgIpc) is 2.81. The fraction of sp³-hybridized carbons (Fsp3) is 0.357. The number of nitrogens with one attached hydrogen (secondary N) is 1. The second-order valence-electron chi connectivity index (χ2n) is 4.54. The van der Waals surface area contributed by atoms with Crippen LogP contribution < -0.4 is 5.32 Å². The molecule has 2 aromatic rings. The van der Waals surface area contributed by atoms with Crippen molar-refractivity contribution in [1.29, 1.82) is 0 Å². The molecule has 18 heavy (non-hydrogen) atoms. The summed E-state index contributed by atoms with van der Waals surface area (Å²) in [6.07, 6.45) is 1.52. The van der Waals surface area contributed by atoms with Crippen LogP contribution in [0.15, 0.2) is 34.9 Å². The molecule has 1 N–H and O–H groups in total. The minimum absolute atomic E-state index is 0.0831. The molecule has 2 rings (SSSR count). The molecule has 2 unspecified atom stereocenters. The average molecular weight is 310 g/mol. The predicted molar refractivity (Wildman–Crippen MR) is 76.1 cm³/mol. The van der Waals surface area contributed by atoms with Gasteiger partial charge in [0.2, 0.25) is 0 Å². The van der Waals surface area contributed by atoms with Crippen LogP contribution in [0.4, 0.5) is 0 Å². The minimum atomic E-state index is -0.0831. The van der Waals surface area contributed by atoms with Crippen LogP contribution in [0.5, 0.6) is 0 Å². The fourth-order valence-corrected chi connectivity index (χ4v) is 2.27. The van der Waals surface area contributed by atoms with Crippen LogP contribution in [0, 0.1) is 5.92 Å². The highest BCUT2D eigenvalue weighted by atomic mass is 79.9. The molecule has 0 aliphatic rings. The summed E-state index contributed by atoms with van der Waals surface area (Å²) in [4.78, 5) is 12.2. The SMILES string of the molecule is CC(CBr)C(C)NC(=O)c1coc2ccccc12. The van der Waals surface area contributed by atoms with E-state index >= 15 is 0 Å². The van der Waals surface area contributed by atoms with E-state index in [1.807, 2.05) is 31.2 Å². The number of para-hydroxylation sites is 1. The van der Waals surface area contributed by atoms with Crippen LogP contribution in [0.25, 0.3) is 11.0 Å². The number of benzene rings is 1. The van der Waals surface area contributed by atoms with Crippen LogP contribution in [0.1, 0.15) is 24.2 Å². The summed E-state index contributed by atoms with van der Waals surface area (Å²) >= 11 is 3.42. The third-order valence-electron chi connectivity index (χ3n) is 3.18. The standard InChI is InChI=1S/C14H16BrNO2/c1-9(7-15)10(2)16-14(17)12-8-18-13-6-4-3-5-11(12)13/h3-6,8-10H,7H2,1-2H3,(H,16,17). The zero-order chi connectivity index (χ0) is 13.1. The third kappa shape index (κ3) is 2.58. The van der Waals surface area contributed by atoms with Crippen molar-refractivity contribution in [3.05, 3.63) is 36.1 Å². The van der Waals surface area contributed by atoms with E-state index < -0.39 is 0 Å². The Morgan fingerprint density at radius 3 is 2.83 bits per heavy atom. The molecule has 0 aliphatic heterocycles. The zero-order valence-corrected chi connectivity index (χ0v) is 12.0. The molecule has 4 heteroatoms. The molecular weight excluding hydrogens is 294 g/mol. The van der Waals surface area contributed by atoms with Crippen molar-refractivity contribution in [2.45, 2.75) is 19.9 Å². The number of rotatable bonds is 4. The Morgan fingerprint density at radius 1 is 1.39 bits per heavy atom. The topological polar surface area (TPSA) is 42.2 Å². The van der Waals surface area contributed by atoms with Gasteiger partial charge >= 0.3 is 0 Å². The van der Waals surface area contributed by atoms with Gasteiger partial charge in [0.15, 0.2) is 0 Å². The Morgan fingerprint density at radius 2 is 2.11 bits per heavy atom. The summed E-state index contributed by atoms with van der Waals surface area (Å²) in [7, 11) is 0. The lowest BCUT2D eigenvalue weighted by Crippen LogP contribution is -2.37. The summed E-state index contributed by atoms with van der Waals surface area (Å²) in [6.45, 7) is 4.10. The lowest BCUT2D eigenvalue weighted by molar-refractivity contribution is 0.0932. The minimum Gasteiger partial charge on any atom is -0.463 e. The van der Waals surface area contributed by atoms with E-state index in [1.165, 1.54) is 6.26 Å². The molecule has 0 fully saturated rings. The van der Waals surface area contributed by atoms with E-state index in [9.17, 15) is 4.79 Å². The zero-order valence-electron chi connectivity index (χ0n) is 10.4. The molecule has 1 aromatic heterocycles. The number of carbonyl (C=O) groups excluding carboxylic acids is 1. The Labute approximate surface area is 115 Å².